The van der Waals surface area contributed by atoms with E-state index in [4.69, 9.17) is 5.14 Å². The summed E-state index contributed by atoms with van der Waals surface area (Å²) in [6, 6.07) is 21.0. The van der Waals surface area contributed by atoms with Gasteiger partial charge in [-0.05, 0) is 29.3 Å². The molecule has 0 fully saturated rings. The first-order valence-electron chi connectivity index (χ1n) is 7.92. The normalized spacial score (nSPS) is 10.4. The molecule has 0 heterocycles. The third-order valence-corrected chi connectivity index (χ3v) is 3.85. The van der Waals surface area contributed by atoms with Gasteiger partial charge in [-0.25, -0.2) is 0 Å². The summed E-state index contributed by atoms with van der Waals surface area (Å²) >= 11 is 0. The molecular weight excluding hydrogens is 402 g/mol. The predicted molar refractivity (Wildman–Crippen MR) is 105 cm³/mol. The molecule has 0 amide bonds. The Bertz CT molecular complexity index is 1070. The van der Waals surface area contributed by atoms with Crippen molar-refractivity contribution in [3.05, 3.63) is 99.1 Å². The number of nitro benzene ring substituents is 2. The highest BCUT2D eigenvalue weighted by atomic mass is 32.2. The first-order valence-corrected chi connectivity index (χ1v) is 9.39. The first kappa shape index (κ1) is 21.5. The molecular formula is C18H15N3O7S. The van der Waals surface area contributed by atoms with Crippen molar-refractivity contribution in [3.8, 4) is 16.9 Å². The number of hydrogen-bond acceptors (Lipinski definition) is 7. The van der Waals surface area contributed by atoms with Crippen LogP contribution < -0.4 is 9.32 Å². The molecule has 3 aromatic carbocycles. The molecule has 3 aromatic rings. The monoisotopic (exact) mass is 417 g/mol. The van der Waals surface area contributed by atoms with Crippen molar-refractivity contribution in [2.75, 3.05) is 0 Å². The summed E-state index contributed by atoms with van der Waals surface area (Å²) in [4.78, 5) is 19.0. The zero-order valence-corrected chi connectivity index (χ0v) is 15.6. The maximum Gasteiger partial charge on any atom is 0.380 e. The lowest BCUT2D eigenvalue weighted by Crippen LogP contribution is -2.18. The van der Waals surface area contributed by atoms with Gasteiger partial charge in [-0.2, -0.15) is 13.6 Å². The Morgan fingerprint density at radius 3 is 1.66 bits per heavy atom. The van der Waals surface area contributed by atoms with Crippen LogP contribution in [0.1, 0.15) is 0 Å². The molecule has 0 atom stereocenters. The van der Waals surface area contributed by atoms with Crippen LogP contribution in [0.2, 0.25) is 0 Å². The van der Waals surface area contributed by atoms with Crippen LogP contribution in [-0.4, -0.2) is 18.3 Å². The number of nitrogens with two attached hydrogens (primary N) is 1. The summed E-state index contributed by atoms with van der Waals surface area (Å²) in [6.45, 7) is 0. The second-order valence-electron chi connectivity index (χ2n) is 5.50. The van der Waals surface area contributed by atoms with Gasteiger partial charge in [0.15, 0.2) is 0 Å². The van der Waals surface area contributed by atoms with Gasteiger partial charge in [-0.3, -0.25) is 20.2 Å². The van der Waals surface area contributed by atoms with E-state index >= 15 is 0 Å². The summed E-state index contributed by atoms with van der Waals surface area (Å²) in [5.41, 5.74) is 1.48. The molecule has 11 heteroatoms. The van der Waals surface area contributed by atoms with E-state index in [0.29, 0.717) is 0 Å². The molecule has 150 valence electrons. The quantitative estimate of drug-likeness (QED) is 0.492. The van der Waals surface area contributed by atoms with Crippen LogP contribution in [0.5, 0.6) is 5.75 Å². The van der Waals surface area contributed by atoms with E-state index in [0.717, 1.165) is 17.2 Å². The SMILES string of the molecule is NS(=O)(=O)Oc1ccc(-c2ccccc2)cc1.O=[N+]([O-])c1cccc([N+](=O)[O-])c1. The highest BCUT2D eigenvalue weighted by Gasteiger charge is 2.11. The highest BCUT2D eigenvalue weighted by molar-refractivity contribution is 7.84. The van der Waals surface area contributed by atoms with Crippen LogP contribution in [0, 0.1) is 20.2 Å². The molecule has 10 nitrogen and oxygen atoms in total. The Labute approximate surface area is 165 Å². The molecule has 0 saturated heterocycles. The van der Waals surface area contributed by atoms with Crippen LogP contribution in [0.15, 0.2) is 78.9 Å². The molecule has 0 aromatic heterocycles. The molecule has 0 aliphatic carbocycles. The fraction of sp³-hybridized carbons (Fsp3) is 0. The molecule has 2 N–H and O–H groups in total. The number of hydrogen-bond donors (Lipinski definition) is 1. The van der Waals surface area contributed by atoms with Crippen molar-refractivity contribution in [3.63, 3.8) is 0 Å². The van der Waals surface area contributed by atoms with Crippen molar-refractivity contribution in [2.24, 2.45) is 5.14 Å². The third kappa shape index (κ3) is 7.01. The van der Waals surface area contributed by atoms with Gasteiger partial charge in [0.05, 0.1) is 15.9 Å². The average molecular weight is 417 g/mol. The van der Waals surface area contributed by atoms with Crippen LogP contribution in [0.25, 0.3) is 11.1 Å². The Morgan fingerprint density at radius 1 is 0.724 bits per heavy atom. The van der Waals surface area contributed by atoms with E-state index < -0.39 is 20.2 Å². The van der Waals surface area contributed by atoms with Crippen molar-refractivity contribution in [1.29, 1.82) is 0 Å². The van der Waals surface area contributed by atoms with Gasteiger partial charge in [0.1, 0.15) is 5.75 Å². The van der Waals surface area contributed by atoms with Gasteiger partial charge in [0.25, 0.3) is 11.4 Å². The largest absolute Gasteiger partial charge is 0.380 e. The lowest BCUT2D eigenvalue weighted by Gasteiger charge is -2.04. The Morgan fingerprint density at radius 2 is 1.21 bits per heavy atom. The lowest BCUT2D eigenvalue weighted by atomic mass is 10.1. The number of benzene rings is 3. The zero-order chi connectivity index (χ0) is 21.4. The van der Waals surface area contributed by atoms with E-state index in [1.807, 2.05) is 30.3 Å². The number of rotatable bonds is 5. The Kier molecular flexibility index (Phi) is 6.95. The second kappa shape index (κ2) is 9.39. The number of nitrogens with zero attached hydrogens (tertiary/aromatic N) is 2. The maximum atomic E-state index is 10.7. The van der Waals surface area contributed by atoms with Gasteiger partial charge in [0.2, 0.25) is 0 Å². The van der Waals surface area contributed by atoms with Gasteiger partial charge in [0, 0.05) is 12.1 Å². The summed E-state index contributed by atoms with van der Waals surface area (Å²) in [5, 5.41) is 25.1. The van der Waals surface area contributed by atoms with E-state index in [9.17, 15) is 28.6 Å². The second-order valence-corrected chi connectivity index (χ2v) is 6.65. The topological polar surface area (TPSA) is 156 Å². The summed E-state index contributed by atoms with van der Waals surface area (Å²) in [5.74, 6) is 0.201. The fourth-order valence-electron chi connectivity index (χ4n) is 2.19. The molecule has 0 aliphatic heterocycles. The third-order valence-electron chi connectivity index (χ3n) is 3.43. The van der Waals surface area contributed by atoms with Gasteiger partial charge < -0.3 is 4.18 Å². The summed E-state index contributed by atoms with van der Waals surface area (Å²) < 4.78 is 26.0. The van der Waals surface area contributed by atoms with Crippen LogP contribution in [0.3, 0.4) is 0 Å². The van der Waals surface area contributed by atoms with Gasteiger partial charge >= 0.3 is 10.3 Å². The minimum Gasteiger partial charge on any atom is -0.371 e. The molecule has 0 aliphatic rings. The van der Waals surface area contributed by atoms with E-state index in [1.165, 1.54) is 18.2 Å². The van der Waals surface area contributed by atoms with Crippen LogP contribution in [0.4, 0.5) is 11.4 Å². The molecule has 0 radical (unpaired) electrons. The Hall–Kier alpha value is -3.83. The number of non-ortho nitro benzene ring substituents is 2. The average Bonchev–Trinajstić information content (AvgIpc) is 2.68. The van der Waals surface area contributed by atoms with Crippen molar-refractivity contribution in [1.82, 2.24) is 0 Å². The first-order chi connectivity index (χ1) is 13.7. The van der Waals surface area contributed by atoms with E-state index in [1.54, 1.807) is 24.3 Å². The van der Waals surface area contributed by atoms with Crippen LogP contribution >= 0.6 is 0 Å². The van der Waals surface area contributed by atoms with E-state index in [2.05, 4.69) is 4.18 Å². The van der Waals surface area contributed by atoms with E-state index in [-0.39, 0.29) is 17.1 Å². The van der Waals surface area contributed by atoms with Gasteiger partial charge in [-0.1, -0.05) is 42.5 Å². The molecule has 0 saturated carbocycles. The van der Waals surface area contributed by atoms with Crippen molar-refractivity contribution >= 4 is 21.7 Å². The van der Waals surface area contributed by atoms with Gasteiger partial charge in [-0.15, -0.1) is 0 Å². The molecule has 0 spiro atoms. The maximum absolute atomic E-state index is 10.7. The van der Waals surface area contributed by atoms with Crippen LogP contribution in [-0.2, 0) is 10.3 Å². The predicted octanol–water partition coefficient (Wildman–Crippen LogP) is 3.44. The Balaban J connectivity index is 0.000000221. The highest BCUT2D eigenvalue weighted by Crippen LogP contribution is 2.22. The minimum atomic E-state index is -3.95. The van der Waals surface area contributed by atoms with Crippen molar-refractivity contribution in [2.45, 2.75) is 0 Å². The molecule has 3 rings (SSSR count). The zero-order valence-electron chi connectivity index (χ0n) is 14.7. The smallest absolute Gasteiger partial charge is 0.371 e. The minimum absolute atomic E-state index is 0.201. The summed E-state index contributed by atoms with van der Waals surface area (Å²) in [7, 11) is -3.95. The van der Waals surface area contributed by atoms with Crippen molar-refractivity contribution < 1.29 is 22.4 Å². The summed E-state index contributed by atoms with van der Waals surface area (Å²) in [6.07, 6.45) is 0. The fourth-order valence-corrected chi connectivity index (χ4v) is 2.57. The lowest BCUT2D eigenvalue weighted by molar-refractivity contribution is -0.394. The standard InChI is InChI=1S/C12H11NO3S.C6H4N2O4/c13-17(14,15)16-12-8-6-11(7-9-12)10-4-2-1-3-5-10;9-7(10)5-2-1-3-6(4-5)8(11)12/h1-9H,(H2,13,14,15);1-4H. The number of nitro groups is 2. The molecule has 0 bridgehead atoms. The molecule has 29 heavy (non-hydrogen) atoms. The molecule has 0 unspecified atom stereocenters.